The number of primary amides is 1. The SMILES string of the molecule is CN=C(NCc1cccc(OCC(N)=O)c1)N(C)Cc1ccccc1Br.I. The molecule has 0 bridgehead atoms. The fraction of sp³-hybridized carbons (Fsp3) is 0.263. The number of hydrogen-bond donors (Lipinski definition) is 2. The number of rotatable bonds is 7. The van der Waals surface area contributed by atoms with Crippen molar-refractivity contribution in [3.8, 4) is 5.75 Å². The molecule has 0 heterocycles. The lowest BCUT2D eigenvalue weighted by Gasteiger charge is -2.23. The minimum atomic E-state index is -0.498. The number of benzene rings is 2. The summed E-state index contributed by atoms with van der Waals surface area (Å²) in [6, 6.07) is 15.6. The Morgan fingerprint density at radius 2 is 2.00 bits per heavy atom. The van der Waals surface area contributed by atoms with Crippen molar-refractivity contribution in [2.45, 2.75) is 13.1 Å². The minimum Gasteiger partial charge on any atom is -0.484 e. The van der Waals surface area contributed by atoms with Crippen LogP contribution in [-0.2, 0) is 17.9 Å². The van der Waals surface area contributed by atoms with E-state index in [4.69, 9.17) is 10.5 Å². The Balaban J connectivity index is 0.00000364. The highest BCUT2D eigenvalue weighted by molar-refractivity contribution is 14.0. The summed E-state index contributed by atoms with van der Waals surface area (Å²) in [5.74, 6) is 0.895. The molecule has 0 unspecified atom stereocenters. The van der Waals surface area contributed by atoms with E-state index < -0.39 is 5.91 Å². The number of ether oxygens (including phenoxy) is 1. The Kier molecular flexibility index (Phi) is 10.2. The van der Waals surface area contributed by atoms with Crippen LogP contribution in [0.2, 0.25) is 0 Å². The van der Waals surface area contributed by atoms with Crippen molar-refractivity contribution < 1.29 is 9.53 Å². The van der Waals surface area contributed by atoms with E-state index in [1.165, 1.54) is 5.56 Å². The van der Waals surface area contributed by atoms with Gasteiger partial charge in [0, 0.05) is 31.7 Å². The van der Waals surface area contributed by atoms with E-state index in [0.29, 0.717) is 12.3 Å². The third-order valence-corrected chi connectivity index (χ3v) is 4.44. The zero-order chi connectivity index (χ0) is 18.9. The Morgan fingerprint density at radius 3 is 2.67 bits per heavy atom. The van der Waals surface area contributed by atoms with Crippen LogP contribution in [0.1, 0.15) is 11.1 Å². The van der Waals surface area contributed by atoms with Gasteiger partial charge >= 0.3 is 0 Å². The Bertz CT molecular complexity index is 786. The highest BCUT2D eigenvalue weighted by atomic mass is 127. The van der Waals surface area contributed by atoms with Gasteiger partial charge in [0.25, 0.3) is 5.91 Å². The average Bonchev–Trinajstić information content (AvgIpc) is 2.63. The van der Waals surface area contributed by atoms with Gasteiger partial charge in [0.2, 0.25) is 0 Å². The molecule has 2 aromatic rings. The number of carbonyl (C=O) groups excluding carboxylic acids is 1. The van der Waals surface area contributed by atoms with Crippen LogP contribution in [0.5, 0.6) is 5.75 Å². The zero-order valence-electron chi connectivity index (χ0n) is 15.3. The van der Waals surface area contributed by atoms with Crippen LogP contribution < -0.4 is 15.8 Å². The number of carbonyl (C=O) groups is 1. The molecular weight excluding hydrogens is 523 g/mol. The normalized spacial score (nSPS) is 10.7. The Labute approximate surface area is 185 Å². The zero-order valence-corrected chi connectivity index (χ0v) is 19.2. The maximum Gasteiger partial charge on any atom is 0.255 e. The molecule has 0 atom stereocenters. The molecule has 2 rings (SSSR count). The van der Waals surface area contributed by atoms with Crippen molar-refractivity contribution in [2.24, 2.45) is 10.7 Å². The quantitative estimate of drug-likeness (QED) is 0.318. The molecule has 3 N–H and O–H groups in total. The maximum atomic E-state index is 10.8. The van der Waals surface area contributed by atoms with E-state index in [1.807, 2.05) is 48.3 Å². The Morgan fingerprint density at radius 1 is 1.26 bits per heavy atom. The fourth-order valence-corrected chi connectivity index (χ4v) is 2.83. The molecule has 0 radical (unpaired) electrons. The monoisotopic (exact) mass is 546 g/mol. The maximum absolute atomic E-state index is 10.8. The molecule has 0 saturated heterocycles. The van der Waals surface area contributed by atoms with Crippen LogP contribution in [0.4, 0.5) is 0 Å². The van der Waals surface area contributed by atoms with Crippen LogP contribution in [0.3, 0.4) is 0 Å². The van der Waals surface area contributed by atoms with Crippen molar-refractivity contribution in [3.05, 3.63) is 64.1 Å². The summed E-state index contributed by atoms with van der Waals surface area (Å²) in [4.78, 5) is 17.2. The lowest BCUT2D eigenvalue weighted by Crippen LogP contribution is -2.38. The number of nitrogens with one attached hydrogen (secondary N) is 1. The standard InChI is InChI=1S/C19H23BrN4O2.HI/c1-22-19(24(2)12-15-7-3-4-9-17(15)20)23-11-14-6-5-8-16(10-14)26-13-18(21)25;/h3-10H,11-13H2,1-2H3,(H2,21,25)(H,22,23);1H. The predicted molar refractivity (Wildman–Crippen MR) is 122 cm³/mol. The van der Waals surface area contributed by atoms with E-state index >= 15 is 0 Å². The van der Waals surface area contributed by atoms with E-state index in [1.54, 1.807) is 13.1 Å². The van der Waals surface area contributed by atoms with Gasteiger partial charge in [-0.05, 0) is 29.3 Å². The van der Waals surface area contributed by atoms with Crippen LogP contribution in [0.15, 0.2) is 58.0 Å². The molecule has 6 nitrogen and oxygen atoms in total. The molecule has 0 aromatic heterocycles. The average molecular weight is 547 g/mol. The van der Waals surface area contributed by atoms with Crippen molar-refractivity contribution in [3.63, 3.8) is 0 Å². The first-order valence-corrected chi connectivity index (χ1v) is 8.94. The number of nitrogens with two attached hydrogens (primary N) is 1. The molecule has 8 heteroatoms. The summed E-state index contributed by atoms with van der Waals surface area (Å²) in [7, 11) is 3.74. The molecule has 0 aliphatic carbocycles. The third kappa shape index (κ3) is 7.76. The number of nitrogens with zero attached hydrogens (tertiary/aromatic N) is 2. The second kappa shape index (κ2) is 11.8. The smallest absolute Gasteiger partial charge is 0.255 e. The lowest BCUT2D eigenvalue weighted by atomic mass is 10.2. The number of halogens is 2. The van der Waals surface area contributed by atoms with E-state index in [2.05, 4.69) is 32.3 Å². The van der Waals surface area contributed by atoms with Crippen molar-refractivity contribution in [1.29, 1.82) is 0 Å². The number of aliphatic imine (C=N–C) groups is 1. The molecule has 0 aliphatic heterocycles. The molecule has 0 spiro atoms. The minimum absolute atomic E-state index is 0. The summed E-state index contributed by atoms with van der Waals surface area (Å²) in [5, 5.41) is 3.33. The second-order valence-electron chi connectivity index (χ2n) is 5.75. The summed E-state index contributed by atoms with van der Waals surface area (Å²) >= 11 is 3.57. The second-order valence-corrected chi connectivity index (χ2v) is 6.60. The van der Waals surface area contributed by atoms with Gasteiger partial charge in [-0.1, -0.05) is 46.3 Å². The first kappa shape index (κ1) is 23.2. The largest absolute Gasteiger partial charge is 0.484 e. The highest BCUT2D eigenvalue weighted by Crippen LogP contribution is 2.17. The highest BCUT2D eigenvalue weighted by Gasteiger charge is 2.09. The first-order chi connectivity index (χ1) is 12.5. The van der Waals surface area contributed by atoms with Crippen molar-refractivity contribution in [1.82, 2.24) is 10.2 Å². The molecule has 146 valence electrons. The van der Waals surface area contributed by atoms with Crippen LogP contribution in [-0.4, -0.2) is 37.5 Å². The van der Waals surface area contributed by atoms with Crippen molar-refractivity contribution in [2.75, 3.05) is 20.7 Å². The van der Waals surface area contributed by atoms with E-state index in [9.17, 15) is 4.79 Å². The molecule has 0 fully saturated rings. The number of amides is 1. The van der Waals surface area contributed by atoms with Gasteiger partial charge in [-0.25, -0.2) is 0 Å². The van der Waals surface area contributed by atoms with Gasteiger partial charge in [-0.2, -0.15) is 0 Å². The van der Waals surface area contributed by atoms with Crippen LogP contribution in [0.25, 0.3) is 0 Å². The summed E-state index contributed by atoms with van der Waals surface area (Å²) in [5.41, 5.74) is 7.30. The van der Waals surface area contributed by atoms with Gasteiger partial charge < -0.3 is 20.7 Å². The van der Waals surface area contributed by atoms with Gasteiger partial charge in [-0.3, -0.25) is 9.79 Å². The van der Waals surface area contributed by atoms with E-state index in [-0.39, 0.29) is 30.6 Å². The van der Waals surface area contributed by atoms with Crippen LogP contribution >= 0.6 is 39.9 Å². The van der Waals surface area contributed by atoms with Crippen LogP contribution in [0, 0.1) is 0 Å². The molecule has 27 heavy (non-hydrogen) atoms. The number of hydrogen-bond acceptors (Lipinski definition) is 3. The first-order valence-electron chi connectivity index (χ1n) is 8.15. The fourth-order valence-electron chi connectivity index (χ4n) is 2.42. The summed E-state index contributed by atoms with van der Waals surface area (Å²) in [6.45, 7) is 1.18. The third-order valence-electron chi connectivity index (χ3n) is 3.67. The van der Waals surface area contributed by atoms with Gasteiger partial charge in [0.05, 0.1) is 0 Å². The summed E-state index contributed by atoms with van der Waals surface area (Å²) in [6.07, 6.45) is 0. The van der Waals surface area contributed by atoms with E-state index in [0.717, 1.165) is 22.5 Å². The molecule has 1 amide bonds. The van der Waals surface area contributed by atoms with Gasteiger partial charge in [0.1, 0.15) is 5.75 Å². The molecular formula is C19H24BrIN4O2. The summed E-state index contributed by atoms with van der Waals surface area (Å²) < 4.78 is 6.40. The topological polar surface area (TPSA) is 80.0 Å². The molecule has 0 saturated carbocycles. The molecule has 2 aromatic carbocycles. The van der Waals surface area contributed by atoms with Gasteiger partial charge in [0.15, 0.2) is 12.6 Å². The number of guanidine groups is 1. The lowest BCUT2D eigenvalue weighted by molar-refractivity contribution is -0.119. The van der Waals surface area contributed by atoms with Gasteiger partial charge in [-0.15, -0.1) is 24.0 Å². The predicted octanol–water partition coefficient (Wildman–Crippen LogP) is 3.14. The Hall–Kier alpha value is -1.81. The molecule has 0 aliphatic rings. The van der Waals surface area contributed by atoms with Crippen molar-refractivity contribution >= 4 is 51.8 Å².